The van der Waals surface area contributed by atoms with Crippen molar-refractivity contribution in [2.45, 2.75) is 45.1 Å². The number of nitrogens with one attached hydrogen (secondary N) is 1. The van der Waals surface area contributed by atoms with E-state index in [9.17, 15) is 0 Å². The van der Waals surface area contributed by atoms with Crippen molar-refractivity contribution in [3.8, 4) is 0 Å². The Bertz CT molecular complexity index is 288. The molecule has 3 heteroatoms. The number of rotatable bonds is 1. The van der Waals surface area contributed by atoms with Crippen LogP contribution in [0.3, 0.4) is 0 Å². The van der Waals surface area contributed by atoms with Gasteiger partial charge in [-0.05, 0) is 38.2 Å². The lowest BCUT2D eigenvalue weighted by Crippen LogP contribution is -2.08. The van der Waals surface area contributed by atoms with Crippen molar-refractivity contribution in [1.82, 2.24) is 10.2 Å². The lowest BCUT2D eigenvalue weighted by Gasteiger charge is -2.04. The van der Waals surface area contributed by atoms with Crippen LogP contribution in [0.1, 0.15) is 49.2 Å². The summed E-state index contributed by atoms with van der Waals surface area (Å²) in [4.78, 5) is 0. The third kappa shape index (κ3) is 1.61. The van der Waals surface area contributed by atoms with Crippen molar-refractivity contribution >= 4 is 0 Å². The zero-order valence-electron chi connectivity index (χ0n) is 8.14. The number of nitrogens with two attached hydrogens (primary N) is 1. The Morgan fingerprint density at radius 2 is 2.08 bits per heavy atom. The first-order valence-corrected chi connectivity index (χ1v) is 5.10. The molecule has 0 amide bonds. The predicted molar refractivity (Wildman–Crippen MR) is 52.4 cm³/mol. The third-order valence-corrected chi connectivity index (χ3v) is 2.77. The molecule has 0 aromatic carbocycles. The minimum Gasteiger partial charge on any atom is -0.323 e. The number of aryl methyl sites for hydroxylation is 1. The van der Waals surface area contributed by atoms with Gasteiger partial charge in [-0.1, -0.05) is 6.42 Å². The second kappa shape index (κ2) is 3.50. The minimum absolute atomic E-state index is 0.0677. The Morgan fingerprint density at radius 1 is 1.31 bits per heavy atom. The van der Waals surface area contributed by atoms with Gasteiger partial charge in [0.05, 0.1) is 5.69 Å². The summed E-state index contributed by atoms with van der Waals surface area (Å²) in [5.74, 6) is 0. The molecule has 1 aliphatic rings. The lowest BCUT2D eigenvalue weighted by atomic mass is 10.0. The first-order valence-electron chi connectivity index (χ1n) is 5.10. The molecule has 13 heavy (non-hydrogen) atoms. The van der Waals surface area contributed by atoms with E-state index in [1.165, 1.54) is 30.5 Å². The van der Waals surface area contributed by atoms with E-state index >= 15 is 0 Å². The van der Waals surface area contributed by atoms with Crippen LogP contribution < -0.4 is 5.73 Å². The number of hydrogen-bond acceptors (Lipinski definition) is 2. The maximum atomic E-state index is 5.85. The van der Waals surface area contributed by atoms with Gasteiger partial charge in [-0.2, -0.15) is 5.10 Å². The standard InChI is InChI=1S/C10H17N3/c1-7(11)10-8-5-3-2-4-6-9(8)12-13-10/h7H,2-6,11H2,1H3,(H,12,13). The van der Waals surface area contributed by atoms with Gasteiger partial charge in [0.1, 0.15) is 0 Å². The highest BCUT2D eigenvalue weighted by molar-refractivity contribution is 5.28. The van der Waals surface area contributed by atoms with E-state index in [0.717, 1.165) is 18.5 Å². The van der Waals surface area contributed by atoms with Gasteiger partial charge < -0.3 is 5.73 Å². The Balaban J connectivity index is 2.34. The van der Waals surface area contributed by atoms with Crippen LogP contribution in [0.25, 0.3) is 0 Å². The largest absolute Gasteiger partial charge is 0.323 e. The molecular weight excluding hydrogens is 162 g/mol. The number of hydrogen-bond donors (Lipinski definition) is 2. The van der Waals surface area contributed by atoms with E-state index in [2.05, 4.69) is 10.2 Å². The van der Waals surface area contributed by atoms with Gasteiger partial charge in [0.15, 0.2) is 0 Å². The van der Waals surface area contributed by atoms with Gasteiger partial charge in [-0.15, -0.1) is 0 Å². The molecule has 1 heterocycles. The Kier molecular flexibility index (Phi) is 2.36. The highest BCUT2D eigenvalue weighted by Crippen LogP contribution is 2.24. The maximum absolute atomic E-state index is 5.85. The zero-order chi connectivity index (χ0) is 9.26. The fraction of sp³-hybridized carbons (Fsp3) is 0.700. The molecule has 0 aliphatic heterocycles. The molecule has 0 radical (unpaired) electrons. The summed E-state index contributed by atoms with van der Waals surface area (Å²) in [5, 5.41) is 7.41. The molecule has 3 N–H and O–H groups in total. The number of fused-ring (bicyclic) bond motifs is 1. The SMILES string of the molecule is CC(N)c1n[nH]c2c1CCCCC2. The van der Waals surface area contributed by atoms with Crippen LogP contribution in [0.4, 0.5) is 0 Å². The molecule has 72 valence electrons. The molecular formula is C10H17N3. The van der Waals surface area contributed by atoms with Crippen molar-refractivity contribution in [3.05, 3.63) is 17.0 Å². The molecule has 1 aliphatic carbocycles. The van der Waals surface area contributed by atoms with Crippen LogP contribution in [-0.2, 0) is 12.8 Å². The molecule has 1 aromatic heterocycles. The van der Waals surface area contributed by atoms with Gasteiger partial charge in [0, 0.05) is 11.7 Å². The minimum atomic E-state index is 0.0677. The van der Waals surface area contributed by atoms with Crippen molar-refractivity contribution in [1.29, 1.82) is 0 Å². The molecule has 0 saturated heterocycles. The molecule has 1 atom stereocenters. The van der Waals surface area contributed by atoms with Crippen molar-refractivity contribution in [3.63, 3.8) is 0 Å². The first-order chi connectivity index (χ1) is 6.29. The summed E-state index contributed by atoms with van der Waals surface area (Å²) in [6.45, 7) is 2.00. The van der Waals surface area contributed by atoms with E-state index < -0.39 is 0 Å². The molecule has 0 spiro atoms. The Morgan fingerprint density at radius 3 is 2.85 bits per heavy atom. The smallest absolute Gasteiger partial charge is 0.0821 e. The van der Waals surface area contributed by atoms with Gasteiger partial charge in [-0.3, -0.25) is 5.10 Å². The fourth-order valence-corrected chi connectivity index (χ4v) is 2.06. The first kappa shape index (κ1) is 8.75. The third-order valence-electron chi connectivity index (χ3n) is 2.77. The predicted octanol–water partition coefficient (Wildman–Crippen LogP) is 1.70. The van der Waals surface area contributed by atoms with E-state index in [1.807, 2.05) is 6.92 Å². The van der Waals surface area contributed by atoms with Gasteiger partial charge in [-0.25, -0.2) is 0 Å². The molecule has 0 saturated carbocycles. The molecule has 3 nitrogen and oxygen atoms in total. The average Bonchev–Trinajstić information content (AvgIpc) is 2.36. The number of nitrogens with zero attached hydrogens (tertiary/aromatic N) is 1. The number of H-pyrrole nitrogens is 1. The van der Waals surface area contributed by atoms with Crippen LogP contribution >= 0.6 is 0 Å². The van der Waals surface area contributed by atoms with Crippen molar-refractivity contribution in [2.75, 3.05) is 0 Å². The monoisotopic (exact) mass is 179 g/mol. The average molecular weight is 179 g/mol. The second-order valence-electron chi connectivity index (χ2n) is 3.92. The van der Waals surface area contributed by atoms with E-state index in [1.54, 1.807) is 0 Å². The highest BCUT2D eigenvalue weighted by atomic mass is 15.1. The molecule has 1 aromatic rings. The van der Waals surface area contributed by atoms with Crippen LogP contribution in [0.5, 0.6) is 0 Å². The summed E-state index contributed by atoms with van der Waals surface area (Å²) in [6.07, 6.45) is 6.21. The van der Waals surface area contributed by atoms with Crippen LogP contribution in [0, 0.1) is 0 Å². The topological polar surface area (TPSA) is 54.7 Å². The lowest BCUT2D eigenvalue weighted by molar-refractivity contribution is 0.688. The van der Waals surface area contributed by atoms with Gasteiger partial charge in [0.25, 0.3) is 0 Å². The Hall–Kier alpha value is -0.830. The van der Waals surface area contributed by atoms with E-state index in [4.69, 9.17) is 5.73 Å². The second-order valence-corrected chi connectivity index (χ2v) is 3.92. The summed E-state index contributed by atoms with van der Waals surface area (Å²) >= 11 is 0. The van der Waals surface area contributed by atoms with Crippen molar-refractivity contribution in [2.24, 2.45) is 5.73 Å². The molecule has 1 unspecified atom stereocenters. The Labute approximate surface area is 78.7 Å². The zero-order valence-corrected chi connectivity index (χ0v) is 8.14. The number of aromatic amines is 1. The van der Waals surface area contributed by atoms with Gasteiger partial charge >= 0.3 is 0 Å². The van der Waals surface area contributed by atoms with Crippen LogP contribution in [-0.4, -0.2) is 10.2 Å². The normalized spacial score (nSPS) is 19.2. The number of aromatic nitrogens is 2. The molecule has 0 fully saturated rings. The van der Waals surface area contributed by atoms with Gasteiger partial charge in [0.2, 0.25) is 0 Å². The summed E-state index contributed by atoms with van der Waals surface area (Å²) in [6, 6.07) is 0.0677. The summed E-state index contributed by atoms with van der Waals surface area (Å²) in [7, 11) is 0. The van der Waals surface area contributed by atoms with Crippen molar-refractivity contribution < 1.29 is 0 Å². The van der Waals surface area contributed by atoms with E-state index in [-0.39, 0.29) is 6.04 Å². The van der Waals surface area contributed by atoms with E-state index in [0.29, 0.717) is 0 Å². The molecule has 0 bridgehead atoms. The maximum Gasteiger partial charge on any atom is 0.0821 e. The quantitative estimate of drug-likeness (QED) is 0.645. The van der Waals surface area contributed by atoms with Crippen LogP contribution in [0.2, 0.25) is 0 Å². The summed E-state index contributed by atoms with van der Waals surface area (Å²) < 4.78 is 0. The molecule has 2 rings (SSSR count). The fourth-order valence-electron chi connectivity index (χ4n) is 2.06. The summed E-state index contributed by atoms with van der Waals surface area (Å²) in [5.41, 5.74) is 9.65. The highest BCUT2D eigenvalue weighted by Gasteiger charge is 2.17. The van der Waals surface area contributed by atoms with Crippen LogP contribution in [0.15, 0.2) is 0 Å².